The van der Waals surface area contributed by atoms with Crippen molar-refractivity contribution in [3.05, 3.63) is 65.8 Å². The zero-order chi connectivity index (χ0) is 20.7. The molecule has 0 fully saturated rings. The van der Waals surface area contributed by atoms with Gasteiger partial charge in [0, 0.05) is 13.2 Å². The average molecular weight is 416 g/mol. The number of fused-ring (bicyclic) bond motifs is 1. The van der Waals surface area contributed by atoms with E-state index in [4.69, 9.17) is 4.98 Å². The van der Waals surface area contributed by atoms with Gasteiger partial charge in [0.05, 0.1) is 32.9 Å². The molecule has 0 aliphatic rings. The first-order valence-corrected chi connectivity index (χ1v) is 9.99. The standard InChI is InChI=1S/C20H16N8OS/c1-12-17-13(9-15(16-6-4-8-30-16)24-19(17)27(2)26-12)20(29)25-14-5-3-7-22-18(14)28-11-21-10-23-28/h3-11H,1-2H3,(H,25,29). The van der Waals surface area contributed by atoms with Crippen LogP contribution in [0.2, 0.25) is 0 Å². The highest BCUT2D eigenvalue weighted by Gasteiger charge is 2.21. The molecule has 0 spiro atoms. The summed E-state index contributed by atoms with van der Waals surface area (Å²) in [7, 11) is 1.83. The molecule has 1 N–H and O–H groups in total. The lowest BCUT2D eigenvalue weighted by Crippen LogP contribution is -2.16. The molecule has 148 valence electrons. The van der Waals surface area contributed by atoms with Gasteiger partial charge in [0.15, 0.2) is 11.5 Å². The summed E-state index contributed by atoms with van der Waals surface area (Å²) in [5, 5.41) is 14.2. The van der Waals surface area contributed by atoms with Crippen molar-refractivity contribution in [2.45, 2.75) is 6.92 Å². The summed E-state index contributed by atoms with van der Waals surface area (Å²) in [6.07, 6.45) is 4.58. The number of pyridine rings is 2. The van der Waals surface area contributed by atoms with E-state index >= 15 is 0 Å². The van der Waals surface area contributed by atoms with Crippen molar-refractivity contribution in [1.29, 1.82) is 0 Å². The third-order valence-electron chi connectivity index (χ3n) is 4.66. The van der Waals surface area contributed by atoms with Crippen LogP contribution >= 0.6 is 11.3 Å². The second-order valence-electron chi connectivity index (χ2n) is 6.61. The SMILES string of the molecule is Cc1nn(C)c2nc(-c3cccs3)cc(C(=O)Nc3cccnc3-n3cncn3)c12. The number of aryl methyl sites for hydroxylation is 2. The Kier molecular flexibility index (Phi) is 4.32. The first-order valence-electron chi connectivity index (χ1n) is 9.11. The molecule has 0 radical (unpaired) electrons. The minimum absolute atomic E-state index is 0.273. The van der Waals surface area contributed by atoms with Gasteiger partial charge in [0.25, 0.3) is 5.91 Å². The van der Waals surface area contributed by atoms with Gasteiger partial charge in [-0.15, -0.1) is 11.3 Å². The van der Waals surface area contributed by atoms with Crippen LogP contribution < -0.4 is 5.32 Å². The van der Waals surface area contributed by atoms with E-state index < -0.39 is 0 Å². The molecule has 0 saturated carbocycles. The number of carbonyl (C=O) groups excluding carboxylic acids is 1. The Morgan fingerprint density at radius 2 is 2.13 bits per heavy atom. The molecule has 10 heteroatoms. The maximum Gasteiger partial charge on any atom is 0.256 e. The molecule has 0 atom stereocenters. The number of amides is 1. The Morgan fingerprint density at radius 1 is 1.23 bits per heavy atom. The van der Waals surface area contributed by atoms with Crippen LogP contribution in [0.5, 0.6) is 0 Å². The predicted molar refractivity (Wildman–Crippen MR) is 114 cm³/mol. The zero-order valence-corrected chi connectivity index (χ0v) is 17.0. The van der Waals surface area contributed by atoms with Crippen molar-refractivity contribution in [3.63, 3.8) is 0 Å². The van der Waals surface area contributed by atoms with Crippen LogP contribution in [0.25, 0.3) is 27.4 Å². The molecule has 0 saturated heterocycles. The maximum atomic E-state index is 13.4. The van der Waals surface area contributed by atoms with E-state index in [9.17, 15) is 4.79 Å². The van der Waals surface area contributed by atoms with Crippen LogP contribution in [-0.2, 0) is 7.05 Å². The van der Waals surface area contributed by atoms with Gasteiger partial charge in [-0.05, 0) is 36.6 Å². The molecule has 0 aliphatic heterocycles. The van der Waals surface area contributed by atoms with Crippen molar-refractivity contribution in [2.24, 2.45) is 7.05 Å². The molecule has 0 unspecified atom stereocenters. The van der Waals surface area contributed by atoms with Crippen LogP contribution in [0.3, 0.4) is 0 Å². The molecule has 5 heterocycles. The smallest absolute Gasteiger partial charge is 0.256 e. The normalized spacial score (nSPS) is 11.1. The van der Waals surface area contributed by atoms with Gasteiger partial charge in [-0.1, -0.05) is 6.07 Å². The highest BCUT2D eigenvalue weighted by Crippen LogP contribution is 2.30. The number of nitrogens with one attached hydrogen (secondary N) is 1. The van der Waals surface area contributed by atoms with Gasteiger partial charge in [0.1, 0.15) is 12.7 Å². The molecule has 0 bridgehead atoms. The lowest BCUT2D eigenvalue weighted by molar-refractivity contribution is 0.102. The van der Waals surface area contributed by atoms with E-state index in [1.165, 1.54) is 17.3 Å². The molecular formula is C20H16N8OS. The van der Waals surface area contributed by atoms with Crippen LogP contribution in [0.1, 0.15) is 16.1 Å². The summed E-state index contributed by atoms with van der Waals surface area (Å²) in [5.74, 6) is 0.209. The van der Waals surface area contributed by atoms with Gasteiger partial charge in [-0.3, -0.25) is 9.48 Å². The fourth-order valence-electron chi connectivity index (χ4n) is 3.36. The predicted octanol–water partition coefficient (Wildman–Crippen LogP) is 3.23. The number of aromatic nitrogens is 7. The average Bonchev–Trinajstić information content (AvgIpc) is 3.50. The van der Waals surface area contributed by atoms with Gasteiger partial charge in [0.2, 0.25) is 0 Å². The molecule has 5 aromatic rings. The number of hydrogen-bond donors (Lipinski definition) is 1. The van der Waals surface area contributed by atoms with Crippen LogP contribution in [0.15, 0.2) is 54.6 Å². The highest BCUT2D eigenvalue weighted by atomic mass is 32.1. The van der Waals surface area contributed by atoms with Gasteiger partial charge in [-0.25, -0.2) is 19.6 Å². The number of rotatable bonds is 4. The van der Waals surface area contributed by atoms with Crippen molar-refractivity contribution in [2.75, 3.05) is 5.32 Å². The van der Waals surface area contributed by atoms with E-state index in [1.54, 1.807) is 34.3 Å². The van der Waals surface area contributed by atoms with Crippen LogP contribution in [-0.4, -0.2) is 40.4 Å². The van der Waals surface area contributed by atoms with E-state index in [1.807, 2.05) is 37.6 Å². The topological polar surface area (TPSA) is 103 Å². The summed E-state index contributed by atoms with van der Waals surface area (Å²) < 4.78 is 3.20. The fraction of sp³-hybridized carbons (Fsp3) is 0.100. The summed E-state index contributed by atoms with van der Waals surface area (Å²) in [6, 6.07) is 9.28. The fourth-order valence-corrected chi connectivity index (χ4v) is 4.04. The minimum Gasteiger partial charge on any atom is -0.319 e. The molecule has 5 aromatic heterocycles. The quantitative estimate of drug-likeness (QED) is 0.482. The number of carbonyl (C=O) groups is 1. The maximum absolute atomic E-state index is 13.4. The lowest BCUT2D eigenvalue weighted by Gasteiger charge is -2.11. The van der Waals surface area contributed by atoms with Crippen molar-refractivity contribution >= 4 is 34.0 Å². The third kappa shape index (κ3) is 3.03. The molecule has 0 aliphatic carbocycles. The molecule has 0 aromatic carbocycles. The Balaban J connectivity index is 1.62. The highest BCUT2D eigenvalue weighted by molar-refractivity contribution is 7.13. The molecule has 9 nitrogen and oxygen atoms in total. The number of thiophene rings is 1. The Morgan fingerprint density at radius 3 is 2.90 bits per heavy atom. The summed E-state index contributed by atoms with van der Waals surface area (Å²) in [4.78, 5) is 27.4. The molecular weight excluding hydrogens is 400 g/mol. The van der Waals surface area contributed by atoms with Gasteiger partial charge < -0.3 is 5.32 Å². The van der Waals surface area contributed by atoms with Crippen molar-refractivity contribution < 1.29 is 4.79 Å². The van der Waals surface area contributed by atoms with E-state index in [-0.39, 0.29) is 5.91 Å². The zero-order valence-electron chi connectivity index (χ0n) is 16.1. The summed E-state index contributed by atoms with van der Waals surface area (Å²) in [5.41, 5.74) is 3.16. The van der Waals surface area contributed by atoms with Crippen molar-refractivity contribution in [1.82, 2.24) is 34.5 Å². The van der Waals surface area contributed by atoms with Crippen LogP contribution in [0, 0.1) is 6.92 Å². The van der Waals surface area contributed by atoms with E-state index in [2.05, 4.69) is 25.5 Å². The first kappa shape index (κ1) is 18.1. The number of hydrogen-bond acceptors (Lipinski definition) is 7. The second-order valence-corrected chi connectivity index (χ2v) is 7.56. The Bertz CT molecular complexity index is 1360. The molecule has 30 heavy (non-hydrogen) atoms. The third-order valence-corrected chi connectivity index (χ3v) is 5.55. The van der Waals surface area contributed by atoms with E-state index in [0.717, 1.165) is 21.7 Å². The summed E-state index contributed by atoms with van der Waals surface area (Å²) >= 11 is 1.57. The van der Waals surface area contributed by atoms with Gasteiger partial charge >= 0.3 is 0 Å². The lowest BCUT2D eigenvalue weighted by atomic mass is 10.1. The number of anilines is 1. The summed E-state index contributed by atoms with van der Waals surface area (Å²) in [6.45, 7) is 1.87. The first-order chi connectivity index (χ1) is 14.6. The van der Waals surface area contributed by atoms with Crippen molar-refractivity contribution in [3.8, 4) is 16.4 Å². The van der Waals surface area contributed by atoms with Gasteiger partial charge in [-0.2, -0.15) is 10.2 Å². The molecule has 1 amide bonds. The Hall–Kier alpha value is -3.92. The van der Waals surface area contributed by atoms with Crippen LogP contribution in [0.4, 0.5) is 5.69 Å². The monoisotopic (exact) mass is 416 g/mol. The molecule has 5 rings (SSSR count). The largest absolute Gasteiger partial charge is 0.319 e. The number of nitrogens with zero attached hydrogens (tertiary/aromatic N) is 7. The second kappa shape index (κ2) is 7.16. The Labute approximate surface area is 175 Å². The minimum atomic E-state index is -0.273. The van der Waals surface area contributed by atoms with E-state index in [0.29, 0.717) is 22.7 Å².